The second-order valence-corrected chi connectivity index (χ2v) is 3.65. The first kappa shape index (κ1) is 11.6. The number of hydrogen-bond donors (Lipinski definition) is 1. The predicted octanol–water partition coefficient (Wildman–Crippen LogP) is 1.36. The molecule has 88 valence electrons. The molecule has 0 radical (unpaired) electrons. The maximum Gasteiger partial charge on any atom is 0.115 e. The molecule has 17 heavy (non-hydrogen) atoms. The first-order chi connectivity index (χ1) is 8.42. The van der Waals surface area contributed by atoms with Crippen LogP contribution in [0.25, 0.3) is 0 Å². The molecule has 2 heterocycles. The minimum absolute atomic E-state index is 0.0216. The van der Waals surface area contributed by atoms with Crippen molar-refractivity contribution in [1.82, 2.24) is 25.3 Å². The van der Waals surface area contributed by atoms with E-state index in [0.717, 1.165) is 24.4 Å². The Morgan fingerprint density at radius 3 is 2.71 bits per heavy atom. The van der Waals surface area contributed by atoms with Crippen LogP contribution in [0.4, 0.5) is 0 Å². The number of rotatable bonds is 5. The maximum atomic E-state index is 4.32. The summed E-state index contributed by atoms with van der Waals surface area (Å²) in [6, 6.07) is 1.87. The molecule has 1 N–H and O–H groups in total. The average molecular weight is 229 g/mol. The van der Waals surface area contributed by atoms with Crippen molar-refractivity contribution in [3.8, 4) is 0 Å². The van der Waals surface area contributed by atoms with Crippen LogP contribution in [-0.2, 0) is 0 Å². The fourth-order valence-corrected chi connectivity index (χ4v) is 1.58. The Morgan fingerprint density at radius 1 is 1.12 bits per heavy atom. The fraction of sp³-hybridized carbons (Fsp3) is 0.333. The van der Waals surface area contributed by atoms with E-state index in [1.807, 2.05) is 6.07 Å². The van der Waals surface area contributed by atoms with Crippen molar-refractivity contribution in [2.24, 2.45) is 0 Å². The summed E-state index contributed by atoms with van der Waals surface area (Å²) in [6.07, 6.45) is 9.46. The summed E-state index contributed by atoms with van der Waals surface area (Å²) in [7, 11) is 0. The van der Waals surface area contributed by atoms with Gasteiger partial charge in [0, 0.05) is 18.6 Å². The van der Waals surface area contributed by atoms with Gasteiger partial charge in [0.2, 0.25) is 0 Å². The molecule has 2 aromatic heterocycles. The van der Waals surface area contributed by atoms with E-state index in [2.05, 4.69) is 32.2 Å². The second kappa shape index (κ2) is 6.00. The zero-order valence-electron chi connectivity index (χ0n) is 9.74. The van der Waals surface area contributed by atoms with Crippen molar-refractivity contribution < 1.29 is 0 Å². The van der Waals surface area contributed by atoms with Gasteiger partial charge < -0.3 is 5.32 Å². The number of nitrogens with one attached hydrogen (secondary N) is 1. The molecule has 0 bridgehead atoms. The van der Waals surface area contributed by atoms with Crippen LogP contribution < -0.4 is 5.32 Å². The molecule has 0 saturated carbocycles. The van der Waals surface area contributed by atoms with Crippen LogP contribution in [0.2, 0.25) is 0 Å². The Bertz CT molecular complexity index is 392. The van der Waals surface area contributed by atoms with Gasteiger partial charge in [0.05, 0.1) is 23.6 Å². The molecule has 5 nitrogen and oxygen atoms in total. The zero-order chi connectivity index (χ0) is 11.9. The van der Waals surface area contributed by atoms with E-state index < -0.39 is 0 Å². The second-order valence-electron chi connectivity index (χ2n) is 3.65. The van der Waals surface area contributed by atoms with Gasteiger partial charge in [-0.1, -0.05) is 6.92 Å². The lowest BCUT2D eigenvalue weighted by molar-refractivity contribution is 0.571. The van der Waals surface area contributed by atoms with Crippen molar-refractivity contribution in [2.45, 2.75) is 19.4 Å². The third-order valence-electron chi connectivity index (χ3n) is 2.38. The van der Waals surface area contributed by atoms with E-state index in [9.17, 15) is 0 Å². The third-order valence-corrected chi connectivity index (χ3v) is 2.38. The van der Waals surface area contributed by atoms with E-state index in [1.54, 1.807) is 31.1 Å². The molecule has 0 aliphatic heterocycles. The molecular weight excluding hydrogens is 214 g/mol. The molecule has 0 spiro atoms. The number of hydrogen-bond acceptors (Lipinski definition) is 5. The Labute approximate surface area is 100 Å². The van der Waals surface area contributed by atoms with E-state index in [0.29, 0.717) is 0 Å². The monoisotopic (exact) mass is 229 g/mol. The molecule has 0 amide bonds. The normalized spacial score (nSPS) is 12.3. The fourth-order valence-electron chi connectivity index (χ4n) is 1.58. The average Bonchev–Trinajstić information content (AvgIpc) is 2.42. The molecular formula is C12H15N5. The van der Waals surface area contributed by atoms with Gasteiger partial charge in [0.15, 0.2) is 0 Å². The van der Waals surface area contributed by atoms with E-state index >= 15 is 0 Å². The Morgan fingerprint density at radius 2 is 2.06 bits per heavy atom. The Kier molecular flexibility index (Phi) is 4.10. The van der Waals surface area contributed by atoms with Gasteiger partial charge in [-0.15, -0.1) is 0 Å². The summed E-state index contributed by atoms with van der Waals surface area (Å²) >= 11 is 0. The molecule has 0 aliphatic carbocycles. The van der Waals surface area contributed by atoms with Gasteiger partial charge in [0.25, 0.3) is 0 Å². The van der Waals surface area contributed by atoms with E-state index in [4.69, 9.17) is 0 Å². The Balaban J connectivity index is 2.26. The molecule has 0 aliphatic rings. The third kappa shape index (κ3) is 3.04. The summed E-state index contributed by atoms with van der Waals surface area (Å²) in [5.41, 5.74) is 1.79. The van der Waals surface area contributed by atoms with Gasteiger partial charge in [0.1, 0.15) is 6.33 Å². The van der Waals surface area contributed by atoms with Crippen LogP contribution in [0.5, 0.6) is 0 Å². The highest BCUT2D eigenvalue weighted by Crippen LogP contribution is 2.16. The molecule has 0 fully saturated rings. The minimum atomic E-state index is -0.0216. The molecule has 1 atom stereocenters. The maximum absolute atomic E-state index is 4.32. The summed E-state index contributed by atoms with van der Waals surface area (Å²) in [4.78, 5) is 16.6. The standard InChI is InChI=1S/C12H15N5/c1-2-4-16-12(10-3-5-14-9-17-10)11-8-13-6-7-15-11/h3,5-9,12,16H,2,4H2,1H3. The van der Waals surface area contributed by atoms with Crippen molar-refractivity contribution in [2.75, 3.05) is 6.54 Å². The van der Waals surface area contributed by atoms with Gasteiger partial charge >= 0.3 is 0 Å². The largest absolute Gasteiger partial charge is 0.304 e. The zero-order valence-corrected chi connectivity index (χ0v) is 9.74. The first-order valence-corrected chi connectivity index (χ1v) is 5.67. The lowest BCUT2D eigenvalue weighted by Gasteiger charge is -2.16. The SMILES string of the molecule is CCCNC(c1ccncn1)c1cnccn1. The molecule has 1 unspecified atom stereocenters. The molecule has 2 rings (SSSR count). The topological polar surface area (TPSA) is 63.6 Å². The van der Waals surface area contributed by atoms with Crippen LogP contribution in [0, 0.1) is 0 Å². The van der Waals surface area contributed by atoms with E-state index in [1.165, 1.54) is 0 Å². The lowest BCUT2D eigenvalue weighted by atomic mass is 10.1. The van der Waals surface area contributed by atoms with Gasteiger partial charge in [-0.05, 0) is 19.0 Å². The quantitative estimate of drug-likeness (QED) is 0.838. The molecule has 2 aromatic rings. The highest BCUT2D eigenvalue weighted by Gasteiger charge is 2.15. The minimum Gasteiger partial charge on any atom is -0.304 e. The number of nitrogens with zero attached hydrogens (tertiary/aromatic N) is 4. The van der Waals surface area contributed by atoms with Crippen LogP contribution in [0.15, 0.2) is 37.2 Å². The predicted molar refractivity (Wildman–Crippen MR) is 64.2 cm³/mol. The van der Waals surface area contributed by atoms with Gasteiger partial charge in [-0.2, -0.15) is 0 Å². The smallest absolute Gasteiger partial charge is 0.115 e. The number of aromatic nitrogens is 4. The van der Waals surface area contributed by atoms with E-state index in [-0.39, 0.29) is 6.04 Å². The molecule has 5 heteroatoms. The van der Waals surface area contributed by atoms with Gasteiger partial charge in [-0.25, -0.2) is 9.97 Å². The highest BCUT2D eigenvalue weighted by molar-refractivity contribution is 5.18. The van der Waals surface area contributed by atoms with Crippen LogP contribution >= 0.6 is 0 Å². The van der Waals surface area contributed by atoms with Crippen molar-refractivity contribution in [3.05, 3.63) is 48.6 Å². The van der Waals surface area contributed by atoms with Crippen LogP contribution in [-0.4, -0.2) is 26.5 Å². The molecule has 0 aromatic carbocycles. The highest BCUT2D eigenvalue weighted by atomic mass is 15.0. The van der Waals surface area contributed by atoms with Crippen molar-refractivity contribution in [3.63, 3.8) is 0 Å². The summed E-state index contributed by atoms with van der Waals surface area (Å²) < 4.78 is 0. The summed E-state index contributed by atoms with van der Waals surface area (Å²) in [5.74, 6) is 0. The van der Waals surface area contributed by atoms with Crippen LogP contribution in [0.1, 0.15) is 30.8 Å². The van der Waals surface area contributed by atoms with Gasteiger partial charge in [-0.3, -0.25) is 9.97 Å². The van der Waals surface area contributed by atoms with Crippen molar-refractivity contribution >= 4 is 0 Å². The summed E-state index contributed by atoms with van der Waals surface area (Å²) in [6.45, 7) is 3.03. The Hall–Kier alpha value is -1.88. The van der Waals surface area contributed by atoms with Crippen LogP contribution in [0.3, 0.4) is 0 Å². The van der Waals surface area contributed by atoms with Crippen molar-refractivity contribution in [1.29, 1.82) is 0 Å². The molecule has 0 saturated heterocycles. The first-order valence-electron chi connectivity index (χ1n) is 5.67. The summed E-state index contributed by atoms with van der Waals surface area (Å²) in [5, 5.41) is 3.41. The lowest BCUT2D eigenvalue weighted by Crippen LogP contribution is -2.25.